The molecular weight excluding hydrogens is 172 g/mol. The van der Waals surface area contributed by atoms with Gasteiger partial charge in [-0.2, -0.15) is 0 Å². The number of hydrogen-bond donors (Lipinski definition) is 1. The molecule has 0 spiro atoms. The van der Waals surface area contributed by atoms with E-state index in [9.17, 15) is 0 Å². The summed E-state index contributed by atoms with van der Waals surface area (Å²) in [6.07, 6.45) is 5.42. The van der Waals surface area contributed by atoms with Crippen molar-refractivity contribution in [3.63, 3.8) is 0 Å². The van der Waals surface area contributed by atoms with Gasteiger partial charge in [0.2, 0.25) is 0 Å². The van der Waals surface area contributed by atoms with E-state index < -0.39 is 0 Å². The Hall–Kier alpha value is -0.0800. The molecule has 0 atom stereocenters. The Morgan fingerprint density at radius 2 is 2.00 bits per heavy atom. The van der Waals surface area contributed by atoms with Gasteiger partial charge in [0.25, 0.3) is 0 Å². The van der Waals surface area contributed by atoms with E-state index in [1.807, 2.05) is 0 Å². The van der Waals surface area contributed by atoms with Crippen molar-refractivity contribution in [2.24, 2.45) is 11.1 Å². The van der Waals surface area contributed by atoms with Crippen LogP contribution in [0.1, 0.15) is 46.5 Å². The molecule has 0 radical (unpaired) electrons. The Balaban J connectivity index is 2.30. The largest absolute Gasteiger partial charge is 0.330 e. The second-order valence-electron chi connectivity index (χ2n) is 5.03. The SMILES string of the molecule is CCN(CCC1(CN)CCC1)C(C)C. The van der Waals surface area contributed by atoms with Gasteiger partial charge in [-0.15, -0.1) is 0 Å². The van der Waals surface area contributed by atoms with Gasteiger partial charge in [-0.1, -0.05) is 13.3 Å². The van der Waals surface area contributed by atoms with Gasteiger partial charge >= 0.3 is 0 Å². The molecule has 14 heavy (non-hydrogen) atoms. The summed E-state index contributed by atoms with van der Waals surface area (Å²) in [5, 5.41) is 0. The summed E-state index contributed by atoms with van der Waals surface area (Å²) in [7, 11) is 0. The molecule has 0 amide bonds. The Labute approximate surface area is 88.8 Å². The molecule has 1 aliphatic rings. The van der Waals surface area contributed by atoms with Crippen LogP contribution >= 0.6 is 0 Å². The van der Waals surface area contributed by atoms with Crippen molar-refractivity contribution in [1.82, 2.24) is 4.90 Å². The lowest BCUT2D eigenvalue weighted by atomic mass is 9.66. The lowest BCUT2D eigenvalue weighted by Crippen LogP contribution is -2.42. The number of hydrogen-bond acceptors (Lipinski definition) is 2. The number of nitrogens with zero attached hydrogens (tertiary/aromatic N) is 1. The maximum atomic E-state index is 5.85. The molecule has 0 aromatic carbocycles. The highest BCUT2D eigenvalue weighted by molar-refractivity contribution is 4.89. The summed E-state index contributed by atoms with van der Waals surface area (Å²) in [6, 6.07) is 0.676. The van der Waals surface area contributed by atoms with Crippen molar-refractivity contribution in [2.45, 2.75) is 52.5 Å². The first-order chi connectivity index (χ1) is 6.63. The Morgan fingerprint density at radius 3 is 2.29 bits per heavy atom. The highest BCUT2D eigenvalue weighted by Crippen LogP contribution is 2.42. The van der Waals surface area contributed by atoms with E-state index in [1.54, 1.807) is 0 Å². The molecule has 0 saturated heterocycles. The Bertz CT molecular complexity index is 156. The molecule has 0 unspecified atom stereocenters. The van der Waals surface area contributed by atoms with E-state index in [1.165, 1.54) is 32.2 Å². The zero-order chi connectivity index (χ0) is 10.6. The smallest absolute Gasteiger partial charge is 0.00384 e. The minimum absolute atomic E-state index is 0.516. The number of rotatable bonds is 6. The van der Waals surface area contributed by atoms with Crippen molar-refractivity contribution >= 4 is 0 Å². The average Bonchev–Trinajstić information content (AvgIpc) is 2.09. The van der Waals surface area contributed by atoms with Crippen LogP contribution < -0.4 is 5.73 Å². The number of nitrogens with two attached hydrogens (primary N) is 1. The summed E-state index contributed by atoms with van der Waals surface area (Å²) < 4.78 is 0. The highest BCUT2D eigenvalue weighted by atomic mass is 15.1. The van der Waals surface area contributed by atoms with Crippen molar-refractivity contribution in [2.75, 3.05) is 19.6 Å². The topological polar surface area (TPSA) is 29.3 Å². The predicted octanol–water partition coefficient (Wildman–Crippen LogP) is 2.24. The third-order valence-corrected chi connectivity index (χ3v) is 3.91. The van der Waals surface area contributed by atoms with Gasteiger partial charge in [-0.05, 0) is 58.2 Å². The molecule has 0 bridgehead atoms. The predicted molar refractivity (Wildman–Crippen MR) is 62.3 cm³/mol. The summed E-state index contributed by atoms with van der Waals surface area (Å²) in [5.74, 6) is 0. The second kappa shape index (κ2) is 5.13. The fourth-order valence-corrected chi connectivity index (χ4v) is 2.40. The molecule has 1 fully saturated rings. The van der Waals surface area contributed by atoms with Crippen LogP contribution in [0.25, 0.3) is 0 Å². The van der Waals surface area contributed by atoms with E-state index in [0.29, 0.717) is 11.5 Å². The molecule has 1 aliphatic carbocycles. The van der Waals surface area contributed by atoms with E-state index in [-0.39, 0.29) is 0 Å². The molecule has 2 nitrogen and oxygen atoms in total. The van der Waals surface area contributed by atoms with Gasteiger partial charge in [-0.25, -0.2) is 0 Å². The lowest BCUT2D eigenvalue weighted by Gasteiger charge is -2.42. The van der Waals surface area contributed by atoms with Crippen molar-refractivity contribution in [1.29, 1.82) is 0 Å². The van der Waals surface area contributed by atoms with Crippen LogP contribution in [0.3, 0.4) is 0 Å². The molecular formula is C12H26N2. The van der Waals surface area contributed by atoms with Gasteiger partial charge in [0.05, 0.1) is 0 Å². The average molecular weight is 198 g/mol. The van der Waals surface area contributed by atoms with Crippen LogP contribution in [-0.4, -0.2) is 30.6 Å². The van der Waals surface area contributed by atoms with E-state index >= 15 is 0 Å². The van der Waals surface area contributed by atoms with Crippen LogP contribution in [0.15, 0.2) is 0 Å². The van der Waals surface area contributed by atoms with Crippen LogP contribution in [0.4, 0.5) is 0 Å². The molecule has 1 saturated carbocycles. The monoisotopic (exact) mass is 198 g/mol. The van der Waals surface area contributed by atoms with E-state index in [0.717, 1.165) is 13.1 Å². The molecule has 2 N–H and O–H groups in total. The first-order valence-corrected chi connectivity index (χ1v) is 6.07. The molecule has 0 heterocycles. The van der Waals surface area contributed by atoms with Crippen molar-refractivity contribution in [3.05, 3.63) is 0 Å². The maximum absolute atomic E-state index is 5.85. The van der Waals surface area contributed by atoms with E-state index in [4.69, 9.17) is 5.73 Å². The van der Waals surface area contributed by atoms with Gasteiger partial charge in [0.1, 0.15) is 0 Å². The summed E-state index contributed by atoms with van der Waals surface area (Å²) in [6.45, 7) is 10.1. The lowest BCUT2D eigenvalue weighted by molar-refractivity contribution is 0.0986. The van der Waals surface area contributed by atoms with E-state index in [2.05, 4.69) is 25.7 Å². The van der Waals surface area contributed by atoms with Crippen LogP contribution in [0, 0.1) is 5.41 Å². The van der Waals surface area contributed by atoms with Crippen molar-refractivity contribution in [3.8, 4) is 0 Å². The normalized spacial score (nSPS) is 20.1. The summed E-state index contributed by atoms with van der Waals surface area (Å²) in [4.78, 5) is 2.54. The Kier molecular flexibility index (Phi) is 4.39. The first-order valence-electron chi connectivity index (χ1n) is 6.07. The Morgan fingerprint density at radius 1 is 1.36 bits per heavy atom. The van der Waals surface area contributed by atoms with Crippen molar-refractivity contribution < 1.29 is 0 Å². The fourth-order valence-electron chi connectivity index (χ4n) is 2.40. The fraction of sp³-hybridized carbons (Fsp3) is 1.00. The quantitative estimate of drug-likeness (QED) is 0.709. The summed E-state index contributed by atoms with van der Waals surface area (Å²) in [5.41, 5.74) is 6.37. The summed E-state index contributed by atoms with van der Waals surface area (Å²) >= 11 is 0. The van der Waals surface area contributed by atoms with Gasteiger partial charge in [-0.3, -0.25) is 0 Å². The van der Waals surface area contributed by atoms with Gasteiger partial charge in [0, 0.05) is 6.04 Å². The maximum Gasteiger partial charge on any atom is 0.00384 e. The second-order valence-corrected chi connectivity index (χ2v) is 5.03. The van der Waals surface area contributed by atoms with Crippen LogP contribution in [-0.2, 0) is 0 Å². The minimum Gasteiger partial charge on any atom is -0.330 e. The molecule has 2 heteroatoms. The zero-order valence-electron chi connectivity index (χ0n) is 10.1. The van der Waals surface area contributed by atoms with Crippen LogP contribution in [0.2, 0.25) is 0 Å². The first kappa shape index (κ1) is 12.0. The standard InChI is InChI=1S/C12H26N2/c1-4-14(11(2)3)9-8-12(10-13)6-5-7-12/h11H,4-10,13H2,1-3H3. The van der Waals surface area contributed by atoms with Gasteiger partial charge < -0.3 is 10.6 Å². The molecule has 84 valence electrons. The van der Waals surface area contributed by atoms with Crippen LogP contribution in [0.5, 0.6) is 0 Å². The zero-order valence-corrected chi connectivity index (χ0v) is 10.1. The highest BCUT2D eigenvalue weighted by Gasteiger charge is 2.35. The minimum atomic E-state index is 0.516. The molecule has 0 aliphatic heterocycles. The third kappa shape index (κ3) is 2.71. The molecule has 0 aromatic heterocycles. The van der Waals surface area contributed by atoms with Gasteiger partial charge in [0.15, 0.2) is 0 Å². The molecule has 1 rings (SSSR count). The third-order valence-electron chi connectivity index (χ3n) is 3.91. The molecule has 0 aromatic rings.